The van der Waals surface area contributed by atoms with Gasteiger partial charge in [-0.15, -0.1) is 24.8 Å². The molecule has 104 valence electrons. The largest absolute Gasteiger partial charge is 0.316 e. The van der Waals surface area contributed by atoms with Gasteiger partial charge in [0.1, 0.15) is 0 Å². The van der Waals surface area contributed by atoms with Gasteiger partial charge in [0.15, 0.2) is 0 Å². The molecule has 0 unspecified atom stereocenters. The number of aromatic nitrogens is 3. The van der Waals surface area contributed by atoms with Crippen molar-refractivity contribution in [3.05, 3.63) is 36.3 Å². The molecule has 3 rings (SSSR count). The lowest BCUT2D eigenvalue weighted by molar-refractivity contribution is 0.454. The molecule has 1 fully saturated rings. The van der Waals surface area contributed by atoms with E-state index in [-0.39, 0.29) is 24.8 Å². The van der Waals surface area contributed by atoms with Crippen LogP contribution in [0.3, 0.4) is 0 Å². The maximum Gasteiger partial charge on any atom is 0.0924 e. The molecule has 19 heavy (non-hydrogen) atoms. The minimum atomic E-state index is 0. The van der Waals surface area contributed by atoms with Crippen LogP contribution in [0.2, 0.25) is 0 Å². The molecule has 2 aromatic rings. The molecule has 0 saturated carbocycles. The zero-order chi connectivity index (χ0) is 11.5. The Balaban J connectivity index is 0.000000902. The first-order chi connectivity index (χ1) is 8.43. The number of aromatic amines is 1. The van der Waals surface area contributed by atoms with Crippen molar-refractivity contribution in [2.75, 3.05) is 13.1 Å². The average Bonchev–Trinajstić information content (AvgIpc) is 2.90. The van der Waals surface area contributed by atoms with Gasteiger partial charge in [-0.25, -0.2) is 0 Å². The number of pyridine rings is 1. The number of nitrogens with zero attached hydrogens (tertiary/aromatic N) is 2. The normalized spacial score (nSPS) is 18.2. The fourth-order valence-corrected chi connectivity index (χ4v) is 2.33. The highest BCUT2D eigenvalue weighted by molar-refractivity contribution is 5.85. The van der Waals surface area contributed by atoms with Crippen molar-refractivity contribution >= 4 is 24.8 Å². The van der Waals surface area contributed by atoms with E-state index in [4.69, 9.17) is 0 Å². The second kappa shape index (κ2) is 7.48. The van der Waals surface area contributed by atoms with E-state index < -0.39 is 0 Å². The number of H-pyrrole nitrogens is 1. The predicted octanol–water partition coefficient (Wildman–Crippen LogP) is 2.78. The van der Waals surface area contributed by atoms with Crippen LogP contribution in [0.25, 0.3) is 11.3 Å². The summed E-state index contributed by atoms with van der Waals surface area (Å²) in [6.45, 7) is 2.19. The minimum Gasteiger partial charge on any atom is -0.316 e. The van der Waals surface area contributed by atoms with Gasteiger partial charge < -0.3 is 5.32 Å². The molecule has 0 amide bonds. The molecule has 4 nitrogen and oxygen atoms in total. The monoisotopic (exact) mass is 300 g/mol. The van der Waals surface area contributed by atoms with Crippen molar-refractivity contribution in [2.45, 2.75) is 18.8 Å². The van der Waals surface area contributed by atoms with Crippen LogP contribution in [0.1, 0.15) is 24.5 Å². The molecule has 0 radical (unpaired) electrons. The molecule has 3 heterocycles. The molecule has 1 aliphatic rings. The molecule has 0 spiro atoms. The van der Waals surface area contributed by atoms with Crippen molar-refractivity contribution in [1.82, 2.24) is 20.5 Å². The topological polar surface area (TPSA) is 53.6 Å². The van der Waals surface area contributed by atoms with E-state index in [1.165, 1.54) is 18.5 Å². The highest BCUT2D eigenvalue weighted by Crippen LogP contribution is 2.25. The molecular weight excluding hydrogens is 283 g/mol. The molecule has 1 aliphatic heterocycles. The third-order valence-electron chi connectivity index (χ3n) is 3.31. The highest BCUT2D eigenvalue weighted by atomic mass is 35.5. The van der Waals surface area contributed by atoms with E-state index in [1.807, 2.05) is 12.1 Å². The second-order valence-corrected chi connectivity index (χ2v) is 4.49. The van der Waals surface area contributed by atoms with E-state index in [2.05, 4.69) is 26.6 Å². The maximum absolute atomic E-state index is 4.38. The number of piperidine rings is 1. The smallest absolute Gasteiger partial charge is 0.0924 e. The first kappa shape index (κ1) is 16.0. The van der Waals surface area contributed by atoms with Crippen LogP contribution in [0.15, 0.2) is 30.6 Å². The summed E-state index contributed by atoms with van der Waals surface area (Å²) in [6, 6.07) is 6.13. The Morgan fingerprint density at radius 2 is 1.95 bits per heavy atom. The molecule has 0 bridgehead atoms. The number of hydrogen-bond acceptors (Lipinski definition) is 3. The lowest BCUT2D eigenvalue weighted by atomic mass is 9.96. The van der Waals surface area contributed by atoms with E-state index in [9.17, 15) is 0 Å². The van der Waals surface area contributed by atoms with Crippen LogP contribution >= 0.6 is 24.8 Å². The molecular formula is C13H18Cl2N4. The standard InChI is InChI=1S/C13H16N4.2ClH/c1-2-11(9-15-5-1)13-8-12(16-17-13)10-3-6-14-7-4-10;;/h3-4,6-8,11,15H,1-2,5,9H2,(H,16,17);2*1H/t11-;;/m0../s1. The summed E-state index contributed by atoms with van der Waals surface area (Å²) >= 11 is 0. The van der Waals surface area contributed by atoms with Gasteiger partial charge >= 0.3 is 0 Å². The Kier molecular flexibility index (Phi) is 6.28. The number of halogens is 2. The summed E-state index contributed by atoms with van der Waals surface area (Å²) < 4.78 is 0. The second-order valence-electron chi connectivity index (χ2n) is 4.49. The van der Waals surface area contributed by atoms with E-state index in [1.54, 1.807) is 12.4 Å². The Morgan fingerprint density at radius 3 is 2.63 bits per heavy atom. The van der Waals surface area contributed by atoms with Crippen molar-refractivity contribution in [1.29, 1.82) is 0 Å². The highest BCUT2D eigenvalue weighted by Gasteiger charge is 2.17. The van der Waals surface area contributed by atoms with Gasteiger partial charge in [0.25, 0.3) is 0 Å². The predicted molar refractivity (Wildman–Crippen MR) is 81.2 cm³/mol. The van der Waals surface area contributed by atoms with Gasteiger partial charge in [-0.3, -0.25) is 10.1 Å². The summed E-state index contributed by atoms with van der Waals surface area (Å²) in [5.41, 5.74) is 3.36. The van der Waals surface area contributed by atoms with Crippen LogP contribution in [0.5, 0.6) is 0 Å². The lowest BCUT2D eigenvalue weighted by Gasteiger charge is -2.21. The average molecular weight is 301 g/mol. The zero-order valence-electron chi connectivity index (χ0n) is 10.5. The Bertz CT molecular complexity index is 480. The number of nitrogens with one attached hydrogen (secondary N) is 2. The van der Waals surface area contributed by atoms with E-state index in [0.717, 1.165) is 24.3 Å². The van der Waals surface area contributed by atoms with E-state index in [0.29, 0.717) is 5.92 Å². The van der Waals surface area contributed by atoms with Crippen LogP contribution in [-0.2, 0) is 0 Å². The maximum atomic E-state index is 4.38. The fraction of sp³-hybridized carbons (Fsp3) is 0.385. The summed E-state index contributed by atoms with van der Waals surface area (Å²) in [5.74, 6) is 0.576. The SMILES string of the molecule is Cl.Cl.c1cc(-c2cc([C@H]3CCCNC3)[nH]n2)ccn1. The minimum absolute atomic E-state index is 0. The van der Waals surface area contributed by atoms with Crippen molar-refractivity contribution < 1.29 is 0 Å². The van der Waals surface area contributed by atoms with Gasteiger partial charge in [-0.2, -0.15) is 5.10 Å². The summed E-state index contributed by atoms with van der Waals surface area (Å²) in [6.07, 6.45) is 6.08. The van der Waals surface area contributed by atoms with Crippen molar-refractivity contribution in [3.63, 3.8) is 0 Å². The first-order valence-corrected chi connectivity index (χ1v) is 6.10. The van der Waals surface area contributed by atoms with Gasteiger partial charge in [-0.1, -0.05) is 0 Å². The lowest BCUT2D eigenvalue weighted by Crippen LogP contribution is -2.28. The molecule has 6 heteroatoms. The Morgan fingerprint density at radius 1 is 1.16 bits per heavy atom. The van der Waals surface area contributed by atoms with Crippen LogP contribution < -0.4 is 5.32 Å². The molecule has 1 atom stereocenters. The van der Waals surface area contributed by atoms with Gasteiger partial charge in [0.2, 0.25) is 0 Å². The summed E-state index contributed by atoms with van der Waals surface area (Å²) in [5, 5.41) is 11.0. The van der Waals surface area contributed by atoms with Crippen LogP contribution in [-0.4, -0.2) is 28.3 Å². The summed E-state index contributed by atoms with van der Waals surface area (Å²) in [7, 11) is 0. The number of hydrogen-bond donors (Lipinski definition) is 2. The Hall–Kier alpha value is -1.10. The first-order valence-electron chi connectivity index (χ1n) is 6.10. The van der Waals surface area contributed by atoms with Crippen molar-refractivity contribution in [3.8, 4) is 11.3 Å². The van der Waals surface area contributed by atoms with Crippen molar-refractivity contribution in [2.24, 2.45) is 0 Å². The third-order valence-corrected chi connectivity index (χ3v) is 3.31. The molecule has 2 aromatic heterocycles. The molecule has 0 aliphatic carbocycles. The van der Waals surface area contributed by atoms with Gasteiger partial charge in [0, 0.05) is 36.1 Å². The van der Waals surface area contributed by atoms with Gasteiger partial charge in [0.05, 0.1) is 5.69 Å². The molecule has 2 N–H and O–H groups in total. The Labute approximate surface area is 125 Å². The van der Waals surface area contributed by atoms with Crippen LogP contribution in [0.4, 0.5) is 0 Å². The van der Waals surface area contributed by atoms with Gasteiger partial charge in [-0.05, 0) is 37.6 Å². The quantitative estimate of drug-likeness (QED) is 0.897. The summed E-state index contributed by atoms with van der Waals surface area (Å²) in [4.78, 5) is 4.02. The molecule has 0 aromatic carbocycles. The van der Waals surface area contributed by atoms with E-state index >= 15 is 0 Å². The molecule has 1 saturated heterocycles. The zero-order valence-corrected chi connectivity index (χ0v) is 12.1. The third kappa shape index (κ3) is 3.69. The van der Waals surface area contributed by atoms with Crippen LogP contribution in [0, 0.1) is 0 Å². The number of rotatable bonds is 2. The fourth-order valence-electron chi connectivity index (χ4n) is 2.33.